The van der Waals surface area contributed by atoms with Crippen LogP contribution in [0.5, 0.6) is 0 Å². The molecule has 1 amide bonds. The molecule has 4 nitrogen and oxygen atoms in total. The van der Waals surface area contributed by atoms with Crippen LogP contribution >= 0.6 is 0 Å². The van der Waals surface area contributed by atoms with E-state index in [0.29, 0.717) is 19.5 Å². The summed E-state index contributed by atoms with van der Waals surface area (Å²) in [5, 5.41) is 3.03. The fourth-order valence-corrected chi connectivity index (χ4v) is 3.06. The molecule has 1 aliphatic rings. The van der Waals surface area contributed by atoms with Crippen molar-refractivity contribution in [3.8, 4) is 0 Å². The van der Waals surface area contributed by atoms with E-state index in [2.05, 4.69) is 5.32 Å². The lowest BCUT2D eigenvalue weighted by molar-refractivity contribution is 0.0442. The van der Waals surface area contributed by atoms with E-state index in [-0.39, 0.29) is 13.2 Å². The van der Waals surface area contributed by atoms with Gasteiger partial charge >= 0.3 is 6.09 Å². The van der Waals surface area contributed by atoms with Gasteiger partial charge in [0, 0.05) is 13.1 Å². The molecule has 3 rings (SSSR count). The lowest BCUT2D eigenvalue weighted by Crippen LogP contribution is -2.52. The van der Waals surface area contributed by atoms with Gasteiger partial charge in [0.05, 0.1) is 6.04 Å². The summed E-state index contributed by atoms with van der Waals surface area (Å²) >= 11 is 0. The number of rotatable bonds is 5. The van der Waals surface area contributed by atoms with Crippen LogP contribution < -0.4 is 5.32 Å². The van der Waals surface area contributed by atoms with E-state index in [9.17, 15) is 9.18 Å². The molecule has 0 bridgehead atoms. The molecule has 0 unspecified atom stereocenters. The standard InChI is InChI=1S/C20H23FN2O2/c21-18-13-22-12-11-19(18)23(14-16-7-3-1-4-8-16)20(24)25-15-17-9-5-2-6-10-17/h1-10,18-19,22H,11-15H2/t18-,19-/m1/s1. The monoisotopic (exact) mass is 342 g/mol. The van der Waals surface area contributed by atoms with Crippen LogP contribution in [0, 0.1) is 0 Å². The van der Waals surface area contributed by atoms with Gasteiger partial charge in [-0.3, -0.25) is 4.90 Å². The van der Waals surface area contributed by atoms with Gasteiger partial charge in [0.15, 0.2) is 0 Å². The third-order valence-electron chi connectivity index (χ3n) is 4.41. The molecule has 0 saturated carbocycles. The molecule has 1 aliphatic heterocycles. The molecule has 5 heteroatoms. The molecule has 0 radical (unpaired) electrons. The number of benzene rings is 2. The number of carbonyl (C=O) groups excluding carboxylic acids is 1. The normalized spacial score (nSPS) is 20.0. The smallest absolute Gasteiger partial charge is 0.410 e. The number of nitrogens with one attached hydrogen (secondary N) is 1. The zero-order valence-electron chi connectivity index (χ0n) is 14.1. The largest absolute Gasteiger partial charge is 0.445 e. The highest BCUT2D eigenvalue weighted by Gasteiger charge is 2.34. The Morgan fingerprint density at radius 3 is 2.36 bits per heavy atom. The number of hydrogen-bond donors (Lipinski definition) is 1. The molecule has 1 N–H and O–H groups in total. The molecular formula is C20H23FN2O2. The Bertz CT molecular complexity index is 666. The van der Waals surface area contributed by atoms with Crippen LogP contribution in [0.1, 0.15) is 17.5 Å². The molecule has 1 heterocycles. The number of alkyl halides is 1. The van der Waals surface area contributed by atoms with Gasteiger partial charge in [-0.25, -0.2) is 9.18 Å². The molecule has 132 valence electrons. The van der Waals surface area contributed by atoms with Crippen LogP contribution in [-0.4, -0.2) is 36.3 Å². The maximum atomic E-state index is 14.4. The van der Waals surface area contributed by atoms with Gasteiger partial charge < -0.3 is 10.1 Å². The molecule has 0 aromatic heterocycles. The van der Waals surface area contributed by atoms with Crippen molar-refractivity contribution in [1.82, 2.24) is 10.2 Å². The van der Waals surface area contributed by atoms with Crippen molar-refractivity contribution < 1.29 is 13.9 Å². The second kappa shape index (κ2) is 8.62. The molecule has 25 heavy (non-hydrogen) atoms. The first-order valence-corrected chi connectivity index (χ1v) is 8.60. The van der Waals surface area contributed by atoms with Gasteiger partial charge in [-0.2, -0.15) is 0 Å². The van der Waals surface area contributed by atoms with Gasteiger partial charge in [0.1, 0.15) is 12.8 Å². The zero-order chi connectivity index (χ0) is 17.5. The van der Waals surface area contributed by atoms with Crippen LogP contribution in [0.25, 0.3) is 0 Å². The summed E-state index contributed by atoms with van der Waals surface area (Å²) in [6.07, 6.45) is -0.988. The van der Waals surface area contributed by atoms with Crippen molar-refractivity contribution in [2.75, 3.05) is 13.1 Å². The molecule has 1 saturated heterocycles. The second-order valence-electron chi connectivity index (χ2n) is 6.23. The summed E-state index contributed by atoms with van der Waals surface area (Å²) < 4.78 is 19.9. The first kappa shape index (κ1) is 17.4. The summed E-state index contributed by atoms with van der Waals surface area (Å²) in [5.41, 5.74) is 1.88. The minimum Gasteiger partial charge on any atom is -0.445 e. The van der Waals surface area contributed by atoms with Crippen molar-refractivity contribution in [2.45, 2.75) is 31.8 Å². The average Bonchev–Trinajstić information content (AvgIpc) is 2.66. The Morgan fingerprint density at radius 2 is 1.72 bits per heavy atom. The van der Waals surface area contributed by atoms with Crippen LogP contribution in [0.4, 0.5) is 9.18 Å². The Labute approximate surface area is 147 Å². The number of ether oxygens (including phenoxy) is 1. The highest BCUT2D eigenvalue weighted by molar-refractivity contribution is 5.68. The van der Waals surface area contributed by atoms with Crippen molar-refractivity contribution in [2.24, 2.45) is 0 Å². The topological polar surface area (TPSA) is 41.6 Å². The molecule has 1 fully saturated rings. The Morgan fingerprint density at radius 1 is 1.08 bits per heavy atom. The van der Waals surface area contributed by atoms with E-state index in [1.807, 2.05) is 60.7 Å². The van der Waals surface area contributed by atoms with Gasteiger partial charge in [0.25, 0.3) is 0 Å². The number of halogens is 1. The van der Waals surface area contributed by atoms with Crippen LogP contribution in [0.3, 0.4) is 0 Å². The van der Waals surface area contributed by atoms with Gasteiger partial charge in [0.2, 0.25) is 0 Å². The molecule has 2 atom stereocenters. The predicted octanol–water partition coefficient (Wildman–Crippen LogP) is 3.53. The Kier molecular flexibility index (Phi) is 6.01. The maximum absolute atomic E-state index is 14.4. The molecule has 0 spiro atoms. The first-order valence-electron chi connectivity index (χ1n) is 8.60. The van der Waals surface area contributed by atoms with Gasteiger partial charge in [-0.1, -0.05) is 60.7 Å². The minimum absolute atomic E-state index is 0.187. The lowest BCUT2D eigenvalue weighted by Gasteiger charge is -2.36. The zero-order valence-corrected chi connectivity index (χ0v) is 14.1. The molecule has 2 aromatic rings. The minimum atomic E-state index is -1.10. The maximum Gasteiger partial charge on any atom is 0.410 e. The van der Waals surface area contributed by atoms with Crippen molar-refractivity contribution >= 4 is 6.09 Å². The van der Waals surface area contributed by atoms with Crippen molar-refractivity contribution in [3.63, 3.8) is 0 Å². The van der Waals surface area contributed by atoms with E-state index >= 15 is 0 Å². The number of piperidine rings is 1. The van der Waals surface area contributed by atoms with Crippen LogP contribution in [0.2, 0.25) is 0 Å². The third-order valence-corrected chi connectivity index (χ3v) is 4.41. The van der Waals surface area contributed by atoms with Crippen LogP contribution in [0.15, 0.2) is 60.7 Å². The summed E-state index contributed by atoms with van der Waals surface area (Å²) in [6, 6.07) is 18.7. The Hall–Kier alpha value is -2.40. The van der Waals surface area contributed by atoms with E-state index in [4.69, 9.17) is 4.74 Å². The van der Waals surface area contributed by atoms with E-state index in [0.717, 1.165) is 11.1 Å². The van der Waals surface area contributed by atoms with Gasteiger partial charge in [-0.05, 0) is 24.1 Å². The summed E-state index contributed by atoms with van der Waals surface area (Å²) in [5.74, 6) is 0. The fourth-order valence-electron chi connectivity index (χ4n) is 3.06. The van der Waals surface area contributed by atoms with Crippen molar-refractivity contribution in [1.29, 1.82) is 0 Å². The van der Waals surface area contributed by atoms with Crippen molar-refractivity contribution in [3.05, 3.63) is 71.8 Å². The van der Waals surface area contributed by atoms with E-state index in [1.165, 1.54) is 4.90 Å². The highest BCUT2D eigenvalue weighted by atomic mass is 19.1. The number of carbonyl (C=O) groups is 1. The number of nitrogens with zero attached hydrogens (tertiary/aromatic N) is 1. The molecule has 2 aromatic carbocycles. The SMILES string of the molecule is O=C(OCc1ccccc1)N(Cc1ccccc1)[C@@H]1CCNC[C@H]1F. The average molecular weight is 342 g/mol. The van der Waals surface area contributed by atoms with E-state index in [1.54, 1.807) is 0 Å². The Balaban J connectivity index is 1.71. The second-order valence-corrected chi connectivity index (χ2v) is 6.23. The van der Waals surface area contributed by atoms with E-state index < -0.39 is 18.3 Å². The molecular weight excluding hydrogens is 319 g/mol. The highest BCUT2D eigenvalue weighted by Crippen LogP contribution is 2.20. The first-order chi connectivity index (χ1) is 12.2. The van der Waals surface area contributed by atoms with Crippen LogP contribution in [-0.2, 0) is 17.9 Å². The predicted molar refractivity (Wildman–Crippen MR) is 94.8 cm³/mol. The summed E-state index contributed by atoms with van der Waals surface area (Å²) in [7, 11) is 0. The summed E-state index contributed by atoms with van der Waals surface area (Å²) in [6.45, 7) is 1.50. The fraction of sp³-hybridized carbons (Fsp3) is 0.350. The quantitative estimate of drug-likeness (QED) is 0.904. The van der Waals surface area contributed by atoms with Gasteiger partial charge in [-0.15, -0.1) is 0 Å². The number of hydrogen-bond acceptors (Lipinski definition) is 3. The lowest BCUT2D eigenvalue weighted by atomic mass is 10.0. The summed E-state index contributed by atoms with van der Waals surface area (Å²) in [4.78, 5) is 14.2. The number of amides is 1. The molecule has 0 aliphatic carbocycles. The third kappa shape index (κ3) is 4.79.